The molecule has 1 aliphatic heterocycles. The Kier molecular flexibility index (Phi) is 5.93. The zero-order chi connectivity index (χ0) is 19.4. The number of benzene rings is 2. The van der Waals surface area contributed by atoms with Crippen molar-refractivity contribution in [3.05, 3.63) is 51.9 Å². The van der Waals surface area contributed by atoms with Crippen LogP contribution in [0.15, 0.2) is 46.3 Å². The molecule has 2 aromatic rings. The van der Waals surface area contributed by atoms with E-state index < -0.39 is 0 Å². The third-order valence-electron chi connectivity index (χ3n) is 3.60. The van der Waals surface area contributed by atoms with E-state index in [0.29, 0.717) is 27.9 Å². The van der Waals surface area contributed by atoms with Crippen molar-refractivity contribution in [1.29, 1.82) is 0 Å². The van der Waals surface area contributed by atoms with Crippen molar-refractivity contribution >= 4 is 46.2 Å². The molecule has 0 aliphatic carbocycles. The standard InChI is InChI=1S/C19H17ClN2O4S/c1-3-26-13-6-4-12(5-7-13)21-19-22-18(24)16(27-19)10-11-8-14(20)17(23)15(9-11)25-2/h4-10,23H,3H2,1-2H3,(H,21,22,24)/b16-10-. The molecule has 0 radical (unpaired) electrons. The number of carbonyl (C=O) groups excluding carboxylic acids is 1. The van der Waals surface area contributed by atoms with Gasteiger partial charge in [-0.15, -0.1) is 0 Å². The molecule has 0 aromatic heterocycles. The third-order valence-corrected chi connectivity index (χ3v) is 4.80. The molecule has 0 spiro atoms. The number of amidine groups is 1. The Balaban J connectivity index is 1.81. The largest absolute Gasteiger partial charge is 0.503 e. The average Bonchev–Trinajstić information content (AvgIpc) is 2.99. The lowest BCUT2D eigenvalue weighted by Gasteiger charge is -2.06. The molecule has 6 nitrogen and oxygen atoms in total. The first-order valence-corrected chi connectivity index (χ1v) is 9.28. The van der Waals surface area contributed by atoms with Crippen LogP contribution >= 0.6 is 23.4 Å². The van der Waals surface area contributed by atoms with Gasteiger partial charge in [-0.3, -0.25) is 4.79 Å². The Morgan fingerprint density at radius 1 is 1.30 bits per heavy atom. The van der Waals surface area contributed by atoms with Gasteiger partial charge in [0.1, 0.15) is 5.75 Å². The van der Waals surface area contributed by atoms with Crippen molar-refractivity contribution in [2.45, 2.75) is 6.92 Å². The molecule has 27 heavy (non-hydrogen) atoms. The molecule has 0 unspecified atom stereocenters. The molecule has 1 aliphatic rings. The van der Waals surface area contributed by atoms with Crippen molar-refractivity contribution in [3.63, 3.8) is 0 Å². The highest BCUT2D eigenvalue weighted by Crippen LogP contribution is 2.37. The quantitative estimate of drug-likeness (QED) is 0.724. The van der Waals surface area contributed by atoms with Crippen LogP contribution in [0.3, 0.4) is 0 Å². The second-order valence-electron chi connectivity index (χ2n) is 5.46. The van der Waals surface area contributed by atoms with Crippen LogP contribution in [0.2, 0.25) is 5.02 Å². The van der Waals surface area contributed by atoms with Crippen LogP contribution in [0, 0.1) is 0 Å². The van der Waals surface area contributed by atoms with E-state index in [-0.39, 0.29) is 22.4 Å². The first kappa shape index (κ1) is 19.1. The second-order valence-corrected chi connectivity index (χ2v) is 6.90. The van der Waals surface area contributed by atoms with Crippen molar-refractivity contribution in [3.8, 4) is 17.2 Å². The number of rotatable bonds is 5. The van der Waals surface area contributed by atoms with E-state index in [1.54, 1.807) is 18.2 Å². The van der Waals surface area contributed by atoms with Gasteiger partial charge in [0.05, 0.1) is 29.3 Å². The summed E-state index contributed by atoms with van der Waals surface area (Å²) >= 11 is 7.21. The van der Waals surface area contributed by atoms with Gasteiger partial charge in [0.15, 0.2) is 16.7 Å². The van der Waals surface area contributed by atoms with Crippen molar-refractivity contribution in [1.82, 2.24) is 5.32 Å². The molecule has 0 saturated carbocycles. The number of halogens is 1. The number of aliphatic imine (C=N–C) groups is 1. The van der Waals surface area contributed by atoms with Crippen LogP contribution in [0.5, 0.6) is 17.2 Å². The first-order chi connectivity index (χ1) is 13.0. The fourth-order valence-electron chi connectivity index (χ4n) is 2.37. The maximum atomic E-state index is 12.2. The molecule has 2 aromatic carbocycles. The lowest BCUT2D eigenvalue weighted by Crippen LogP contribution is -2.19. The number of nitrogens with one attached hydrogen (secondary N) is 1. The summed E-state index contributed by atoms with van der Waals surface area (Å²) < 4.78 is 10.5. The summed E-state index contributed by atoms with van der Waals surface area (Å²) in [6, 6.07) is 10.4. The van der Waals surface area contributed by atoms with Crippen LogP contribution in [0.1, 0.15) is 12.5 Å². The molecule has 0 bridgehead atoms. The highest BCUT2D eigenvalue weighted by molar-refractivity contribution is 8.18. The van der Waals surface area contributed by atoms with E-state index in [1.165, 1.54) is 18.9 Å². The summed E-state index contributed by atoms with van der Waals surface area (Å²) in [5.41, 5.74) is 1.34. The number of methoxy groups -OCH3 is 1. The summed E-state index contributed by atoms with van der Waals surface area (Å²) in [5, 5.41) is 13.2. The Hall–Kier alpha value is -2.64. The molecule has 140 valence electrons. The molecule has 1 fully saturated rings. The van der Waals surface area contributed by atoms with Gasteiger partial charge in [0, 0.05) is 0 Å². The smallest absolute Gasteiger partial charge is 0.264 e. The number of amides is 1. The van der Waals surface area contributed by atoms with E-state index in [1.807, 2.05) is 31.2 Å². The molecule has 8 heteroatoms. The van der Waals surface area contributed by atoms with E-state index in [4.69, 9.17) is 21.1 Å². The number of hydrogen-bond acceptors (Lipinski definition) is 6. The van der Waals surface area contributed by atoms with Crippen LogP contribution in [-0.4, -0.2) is 29.9 Å². The fourth-order valence-corrected chi connectivity index (χ4v) is 3.43. The van der Waals surface area contributed by atoms with E-state index in [9.17, 15) is 9.90 Å². The SMILES string of the molecule is CCOc1ccc(N=C2NC(=O)/C(=C/c3cc(Cl)c(O)c(OC)c3)S2)cc1. The highest BCUT2D eigenvalue weighted by atomic mass is 35.5. The van der Waals surface area contributed by atoms with Crippen molar-refractivity contribution in [2.75, 3.05) is 13.7 Å². The molecule has 1 heterocycles. The fraction of sp³-hybridized carbons (Fsp3) is 0.158. The van der Waals surface area contributed by atoms with E-state index in [0.717, 1.165) is 5.75 Å². The molecule has 2 N–H and O–H groups in total. The Bertz CT molecular complexity index is 926. The Morgan fingerprint density at radius 3 is 2.70 bits per heavy atom. The van der Waals surface area contributed by atoms with E-state index in [2.05, 4.69) is 10.3 Å². The zero-order valence-corrected chi connectivity index (χ0v) is 16.2. The summed E-state index contributed by atoms with van der Waals surface area (Å²) in [6.07, 6.45) is 1.66. The number of ether oxygens (including phenoxy) is 2. The lowest BCUT2D eigenvalue weighted by atomic mass is 10.2. The van der Waals surface area contributed by atoms with Gasteiger partial charge in [-0.1, -0.05) is 11.6 Å². The predicted molar refractivity (Wildman–Crippen MR) is 108 cm³/mol. The van der Waals surface area contributed by atoms with Crippen molar-refractivity contribution in [2.24, 2.45) is 4.99 Å². The average molecular weight is 405 g/mol. The number of nitrogens with zero attached hydrogens (tertiary/aromatic N) is 1. The van der Waals surface area contributed by atoms with Crippen LogP contribution in [0.4, 0.5) is 5.69 Å². The van der Waals surface area contributed by atoms with Crippen molar-refractivity contribution < 1.29 is 19.4 Å². The summed E-state index contributed by atoms with van der Waals surface area (Å²) in [7, 11) is 1.43. The van der Waals surface area contributed by atoms with Crippen LogP contribution in [-0.2, 0) is 4.79 Å². The van der Waals surface area contributed by atoms with Gasteiger partial charge >= 0.3 is 0 Å². The molecule has 1 saturated heterocycles. The molecule has 0 atom stereocenters. The predicted octanol–water partition coefficient (Wildman–Crippen LogP) is 4.34. The van der Waals surface area contributed by atoms with Crippen LogP contribution < -0.4 is 14.8 Å². The van der Waals surface area contributed by atoms with Gasteiger partial charge in [0.25, 0.3) is 5.91 Å². The number of thioether (sulfide) groups is 1. The monoisotopic (exact) mass is 404 g/mol. The molecule has 3 rings (SSSR count). The number of phenolic OH excluding ortho intramolecular Hbond substituents is 1. The topological polar surface area (TPSA) is 80.2 Å². The Labute approximate surface area is 165 Å². The van der Waals surface area contributed by atoms with Crippen LogP contribution in [0.25, 0.3) is 6.08 Å². The number of hydrogen-bond donors (Lipinski definition) is 2. The summed E-state index contributed by atoms with van der Waals surface area (Å²) in [4.78, 5) is 17.1. The molecular weight excluding hydrogens is 388 g/mol. The third kappa shape index (κ3) is 4.56. The maximum absolute atomic E-state index is 12.2. The highest BCUT2D eigenvalue weighted by Gasteiger charge is 2.24. The van der Waals surface area contributed by atoms with Gasteiger partial charge in [-0.2, -0.15) is 0 Å². The first-order valence-electron chi connectivity index (χ1n) is 8.09. The summed E-state index contributed by atoms with van der Waals surface area (Å²) in [5.74, 6) is 0.611. The summed E-state index contributed by atoms with van der Waals surface area (Å²) in [6.45, 7) is 2.52. The molecular formula is C19H17ClN2O4S. The number of aromatic hydroxyl groups is 1. The molecule has 1 amide bonds. The minimum absolute atomic E-state index is 0.136. The maximum Gasteiger partial charge on any atom is 0.264 e. The number of phenols is 1. The van der Waals surface area contributed by atoms with Gasteiger partial charge in [-0.05, 0) is 66.7 Å². The minimum Gasteiger partial charge on any atom is -0.503 e. The van der Waals surface area contributed by atoms with E-state index >= 15 is 0 Å². The minimum atomic E-state index is -0.257. The van der Waals surface area contributed by atoms with Gasteiger partial charge in [0.2, 0.25) is 0 Å². The second kappa shape index (κ2) is 8.37. The Morgan fingerprint density at radius 2 is 2.04 bits per heavy atom. The van der Waals surface area contributed by atoms with Gasteiger partial charge in [-0.25, -0.2) is 4.99 Å². The van der Waals surface area contributed by atoms with Gasteiger partial charge < -0.3 is 19.9 Å². The lowest BCUT2D eigenvalue weighted by molar-refractivity contribution is -0.115. The normalized spacial score (nSPS) is 16.6. The number of carbonyl (C=O) groups is 1. The zero-order valence-electron chi connectivity index (χ0n) is 14.7.